The van der Waals surface area contributed by atoms with Gasteiger partial charge < -0.3 is 14.6 Å². The molecule has 0 bridgehead atoms. The van der Waals surface area contributed by atoms with E-state index in [2.05, 4.69) is 47.2 Å². The Morgan fingerprint density at radius 2 is 2.14 bits per heavy atom. The van der Waals surface area contributed by atoms with E-state index < -0.39 is 0 Å². The van der Waals surface area contributed by atoms with Gasteiger partial charge in [0.15, 0.2) is 0 Å². The summed E-state index contributed by atoms with van der Waals surface area (Å²) in [5, 5.41) is 3.58. The van der Waals surface area contributed by atoms with E-state index in [4.69, 9.17) is 4.42 Å². The summed E-state index contributed by atoms with van der Waals surface area (Å²) in [5.41, 5.74) is 2.37. The molecule has 1 unspecified atom stereocenters. The summed E-state index contributed by atoms with van der Waals surface area (Å²) in [7, 11) is 0. The summed E-state index contributed by atoms with van der Waals surface area (Å²) in [6.07, 6.45) is 7.10. The predicted molar refractivity (Wildman–Crippen MR) is 85.8 cm³/mol. The molecule has 112 valence electrons. The summed E-state index contributed by atoms with van der Waals surface area (Å²) >= 11 is 0. The first-order valence-electron chi connectivity index (χ1n) is 7.85. The Labute approximate surface area is 126 Å². The molecule has 2 aromatic heterocycles. The van der Waals surface area contributed by atoms with Gasteiger partial charge in [0.2, 0.25) is 0 Å². The van der Waals surface area contributed by atoms with Crippen LogP contribution in [0.2, 0.25) is 0 Å². The lowest BCUT2D eigenvalue weighted by molar-refractivity contribution is 0.461. The molecule has 0 aliphatic heterocycles. The fourth-order valence-electron chi connectivity index (χ4n) is 3.04. The highest BCUT2D eigenvalue weighted by atomic mass is 16.3. The van der Waals surface area contributed by atoms with Crippen LogP contribution < -0.4 is 10.2 Å². The summed E-state index contributed by atoms with van der Waals surface area (Å²) in [4.78, 5) is 6.82. The average molecular weight is 285 g/mol. The van der Waals surface area contributed by atoms with Crippen LogP contribution in [0.25, 0.3) is 0 Å². The smallest absolute Gasteiger partial charge is 0.128 e. The van der Waals surface area contributed by atoms with E-state index >= 15 is 0 Å². The topological polar surface area (TPSA) is 41.3 Å². The maximum atomic E-state index is 5.54. The molecule has 0 saturated carbocycles. The Morgan fingerprint density at radius 1 is 1.29 bits per heavy atom. The van der Waals surface area contributed by atoms with Crippen molar-refractivity contribution in [3.8, 4) is 0 Å². The molecule has 1 aliphatic rings. The summed E-state index contributed by atoms with van der Waals surface area (Å²) in [6.45, 7) is 6.27. The number of nitrogens with zero attached hydrogens (tertiary/aromatic N) is 2. The van der Waals surface area contributed by atoms with Crippen molar-refractivity contribution >= 4 is 11.5 Å². The number of aromatic nitrogens is 1. The molecule has 0 fully saturated rings. The predicted octanol–water partition coefficient (Wildman–Crippen LogP) is 4.01. The fourth-order valence-corrected chi connectivity index (χ4v) is 3.04. The van der Waals surface area contributed by atoms with Crippen molar-refractivity contribution in [2.45, 2.75) is 39.2 Å². The Balaban J connectivity index is 1.72. The van der Waals surface area contributed by atoms with Crippen LogP contribution >= 0.6 is 0 Å². The molecule has 1 atom stereocenters. The first-order chi connectivity index (χ1) is 10.3. The van der Waals surface area contributed by atoms with Gasteiger partial charge >= 0.3 is 0 Å². The third-order valence-electron chi connectivity index (χ3n) is 4.23. The van der Waals surface area contributed by atoms with Crippen molar-refractivity contribution in [3.05, 3.63) is 42.0 Å². The van der Waals surface area contributed by atoms with Crippen molar-refractivity contribution in [3.63, 3.8) is 0 Å². The van der Waals surface area contributed by atoms with Crippen molar-refractivity contribution in [2.24, 2.45) is 0 Å². The number of aryl methyl sites for hydroxylation is 1. The number of hydrogen-bond acceptors (Lipinski definition) is 4. The number of hydrogen-bond donors (Lipinski definition) is 1. The summed E-state index contributed by atoms with van der Waals surface area (Å²) in [5.74, 6) is 2.17. The molecule has 3 rings (SSSR count). The lowest BCUT2D eigenvalue weighted by atomic mass is 9.93. The van der Waals surface area contributed by atoms with Crippen LogP contribution in [-0.4, -0.2) is 18.1 Å². The number of pyridine rings is 1. The van der Waals surface area contributed by atoms with Crippen LogP contribution in [0.1, 0.15) is 44.1 Å². The maximum Gasteiger partial charge on any atom is 0.128 e. The van der Waals surface area contributed by atoms with Crippen molar-refractivity contribution in [2.75, 3.05) is 23.3 Å². The molecule has 4 heteroatoms. The molecular formula is C17H23N3O. The van der Waals surface area contributed by atoms with Crippen LogP contribution in [-0.2, 0) is 6.42 Å². The molecule has 0 saturated heterocycles. The monoisotopic (exact) mass is 285 g/mol. The second-order valence-electron chi connectivity index (χ2n) is 5.47. The molecule has 0 amide bonds. The molecule has 2 aromatic rings. The van der Waals surface area contributed by atoms with E-state index in [1.807, 2.05) is 6.20 Å². The third kappa shape index (κ3) is 2.89. The highest BCUT2D eigenvalue weighted by Gasteiger charge is 2.22. The van der Waals surface area contributed by atoms with Gasteiger partial charge in [-0.3, -0.25) is 0 Å². The fraction of sp³-hybridized carbons (Fsp3) is 0.471. The van der Waals surface area contributed by atoms with Gasteiger partial charge in [0.05, 0.1) is 24.2 Å². The van der Waals surface area contributed by atoms with Crippen LogP contribution in [0, 0.1) is 0 Å². The van der Waals surface area contributed by atoms with Gasteiger partial charge in [0.25, 0.3) is 0 Å². The number of anilines is 2. The van der Waals surface area contributed by atoms with E-state index in [-0.39, 0.29) is 0 Å². The largest absolute Gasteiger partial charge is 0.469 e. The number of fused-ring (bicyclic) bond motifs is 1. The quantitative estimate of drug-likeness (QED) is 0.901. The minimum Gasteiger partial charge on any atom is -0.469 e. The minimum absolute atomic E-state index is 0.341. The SMILES string of the molecule is CCN(CC)c1ccc(NC2CCCc3occc32)cn1. The highest BCUT2D eigenvalue weighted by Crippen LogP contribution is 2.33. The lowest BCUT2D eigenvalue weighted by Gasteiger charge is -2.24. The normalized spacial score (nSPS) is 17.3. The molecule has 0 spiro atoms. The van der Waals surface area contributed by atoms with Gasteiger partial charge in [-0.05, 0) is 44.9 Å². The van der Waals surface area contributed by atoms with Crippen LogP contribution in [0.3, 0.4) is 0 Å². The molecular weight excluding hydrogens is 262 g/mol. The van der Waals surface area contributed by atoms with E-state index in [1.54, 1.807) is 6.26 Å². The van der Waals surface area contributed by atoms with Gasteiger partial charge in [-0.1, -0.05) is 0 Å². The molecule has 0 aromatic carbocycles. The Hall–Kier alpha value is -1.97. The molecule has 21 heavy (non-hydrogen) atoms. The van der Waals surface area contributed by atoms with Gasteiger partial charge in [0.1, 0.15) is 11.6 Å². The van der Waals surface area contributed by atoms with Gasteiger partial charge in [0, 0.05) is 25.1 Å². The average Bonchev–Trinajstić information content (AvgIpc) is 3.00. The molecule has 1 aliphatic carbocycles. The van der Waals surface area contributed by atoms with E-state index in [1.165, 1.54) is 12.0 Å². The Morgan fingerprint density at radius 3 is 2.86 bits per heavy atom. The number of rotatable bonds is 5. The van der Waals surface area contributed by atoms with Crippen molar-refractivity contribution in [1.29, 1.82) is 0 Å². The van der Waals surface area contributed by atoms with Crippen LogP contribution in [0.15, 0.2) is 35.1 Å². The minimum atomic E-state index is 0.341. The van der Waals surface area contributed by atoms with Gasteiger partial charge in [-0.2, -0.15) is 0 Å². The zero-order valence-electron chi connectivity index (χ0n) is 12.8. The Bertz CT molecular complexity index is 572. The van der Waals surface area contributed by atoms with E-state index in [0.717, 1.165) is 43.2 Å². The van der Waals surface area contributed by atoms with Crippen molar-refractivity contribution in [1.82, 2.24) is 4.98 Å². The second kappa shape index (κ2) is 6.20. The maximum absolute atomic E-state index is 5.54. The Kier molecular flexibility index (Phi) is 4.13. The summed E-state index contributed by atoms with van der Waals surface area (Å²) in [6, 6.07) is 6.64. The number of nitrogens with one attached hydrogen (secondary N) is 1. The van der Waals surface area contributed by atoms with Crippen molar-refractivity contribution < 1.29 is 4.42 Å². The van der Waals surface area contributed by atoms with E-state index in [9.17, 15) is 0 Å². The first-order valence-corrected chi connectivity index (χ1v) is 7.85. The summed E-state index contributed by atoms with van der Waals surface area (Å²) < 4.78 is 5.54. The zero-order chi connectivity index (χ0) is 14.7. The lowest BCUT2D eigenvalue weighted by Crippen LogP contribution is -2.23. The molecule has 2 heterocycles. The second-order valence-corrected chi connectivity index (χ2v) is 5.47. The third-order valence-corrected chi connectivity index (χ3v) is 4.23. The molecule has 0 radical (unpaired) electrons. The first kappa shape index (κ1) is 14.0. The molecule has 4 nitrogen and oxygen atoms in total. The van der Waals surface area contributed by atoms with Gasteiger partial charge in [-0.15, -0.1) is 0 Å². The molecule has 1 N–H and O–H groups in total. The van der Waals surface area contributed by atoms with Crippen LogP contribution in [0.5, 0.6) is 0 Å². The van der Waals surface area contributed by atoms with Gasteiger partial charge in [-0.25, -0.2) is 4.98 Å². The van der Waals surface area contributed by atoms with Crippen LogP contribution in [0.4, 0.5) is 11.5 Å². The van der Waals surface area contributed by atoms with E-state index in [0.29, 0.717) is 6.04 Å². The highest BCUT2D eigenvalue weighted by molar-refractivity contribution is 5.50. The zero-order valence-corrected chi connectivity index (χ0v) is 12.8. The standard InChI is InChI=1S/C17H23N3O/c1-3-20(4-2)17-9-8-13(12-18-17)19-15-6-5-7-16-14(15)10-11-21-16/h8-12,15,19H,3-7H2,1-2H3. The number of furan rings is 1.